The molecule has 0 spiro atoms. The molecular formula is C19H21N3O2. The number of benzene rings is 2. The van der Waals surface area contributed by atoms with Gasteiger partial charge >= 0.3 is 6.09 Å². The normalized spacial score (nSPS) is 10.7. The summed E-state index contributed by atoms with van der Waals surface area (Å²) in [7, 11) is 0. The van der Waals surface area contributed by atoms with E-state index >= 15 is 0 Å². The molecule has 0 radical (unpaired) electrons. The van der Waals surface area contributed by atoms with Gasteiger partial charge in [-0.3, -0.25) is 0 Å². The zero-order valence-electron chi connectivity index (χ0n) is 13.4. The number of aromatic nitrogens is 1. The Morgan fingerprint density at radius 2 is 1.96 bits per heavy atom. The number of ether oxygens (including phenoxy) is 1. The van der Waals surface area contributed by atoms with E-state index in [0.717, 1.165) is 34.0 Å². The molecule has 0 unspecified atom stereocenters. The summed E-state index contributed by atoms with van der Waals surface area (Å²) < 4.78 is 5.20. The molecule has 0 saturated heterocycles. The third-order valence-electron chi connectivity index (χ3n) is 3.94. The Morgan fingerprint density at radius 1 is 1.12 bits per heavy atom. The maximum absolute atomic E-state index is 11.8. The Hall–Kier alpha value is -2.79. The van der Waals surface area contributed by atoms with Crippen LogP contribution in [-0.2, 0) is 24.3 Å². The second-order valence-corrected chi connectivity index (χ2v) is 5.64. The summed E-state index contributed by atoms with van der Waals surface area (Å²) in [5.41, 5.74) is 10.00. The topological polar surface area (TPSA) is 80.1 Å². The third-order valence-corrected chi connectivity index (χ3v) is 3.94. The van der Waals surface area contributed by atoms with Gasteiger partial charge in [0, 0.05) is 30.2 Å². The molecule has 5 heteroatoms. The Labute approximate surface area is 140 Å². The van der Waals surface area contributed by atoms with Crippen LogP contribution in [0.5, 0.6) is 0 Å². The molecule has 124 valence electrons. The fraction of sp³-hybridized carbons (Fsp3) is 0.211. The van der Waals surface area contributed by atoms with E-state index in [1.165, 1.54) is 0 Å². The van der Waals surface area contributed by atoms with Crippen molar-refractivity contribution < 1.29 is 9.53 Å². The van der Waals surface area contributed by atoms with E-state index in [9.17, 15) is 4.79 Å². The van der Waals surface area contributed by atoms with Gasteiger partial charge in [-0.25, -0.2) is 4.79 Å². The second kappa shape index (κ2) is 7.66. The molecule has 0 aliphatic carbocycles. The van der Waals surface area contributed by atoms with Gasteiger partial charge in [0.15, 0.2) is 0 Å². The first-order valence-corrected chi connectivity index (χ1v) is 8.00. The molecular weight excluding hydrogens is 302 g/mol. The van der Waals surface area contributed by atoms with Crippen LogP contribution in [0.2, 0.25) is 0 Å². The summed E-state index contributed by atoms with van der Waals surface area (Å²) in [4.78, 5) is 15.0. The van der Waals surface area contributed by atoms with Gasteiger partial charge < -0.3 is 20.8 Å². The lowest BCUT2D eigenvalue weighted by molar-refractivity contribution is 0.140. The molecule has 0 fully saturated rings. The number of carbonyl (C=O) groups excluding carboxylic acids is 1. The highest BCUT2D eigenvalue weighted by atomic mass is 16.5. The highest BCUT2D eigenvalue weighted by Crippen LogP contribution is 2.20. The average molecular weight is 323 g/mol. The lowest BCUT2D eigenvalue weighted by Crippen LogP contribution is -2.26. The Bertz CT molecular complexity index is 812. The van der Waals surface area contributed by atoms with E-state index in [0.29, 0.717) is 13.1 Å². The lowest BCUT2D eigenvalue weighted by atomic mass is 10.1. The molecule has 0 atom stereocenters. The number of rotatable bonds is 6. The Morgan fingerprint density at radius 3 is 2.75 bits per heavy atom. The van der Waals surface area contributed by atoms with Gasteiger partial charge in [0.05, 0.1) is 0 Å². The average Bonchev–Trinajstić information content (AvgIpc) is 3.03. The molecule has 1 amide bonds. The van der Waals surface area contributed by atoms with Crippen molar-refractivity contribution in [2.24, 2.45) is 5.73 Å². The Kier molecular flexibility index (Phi) is 5.13. The smallest absolute Gasteiger partial charge is 0.407 e. The van der Waals surface area contributed by atoms with Gasteiger partial charge in [-0.2, -0.15) is 0 Å². The lowest BCUT2D eigenvalue weighted by Gasteiger charge is -2.07. The van der Waals surface area contributed by atoms with E-state index in [1.54, 1.807) is 0 Å². The molecule has 5 nitrogen and oxygen atoms in total. The predicted molar refractivity (Wildman–Crippen MR) is 94.5 cm³/mol. The summed E-state index contributed by atoms with van der Waals surface area (Å²) in [6, 6.07) is 15.8. The highest BCUT2D eigenvalue weighted by Gasteiger charge is 2.06. The molecule has 2 aromatic carbocycles. The molecule has 3 aromatic rings. The number of H-pyrrole nitrogens is 1. The van der Waals surface area contributed by atoms with Crippen LogP contribution in [0.1, 0.15) is 16.7 Å². The first kappa shape index (κ1) is 16.1. The highest BCUT2D eigenvalue weighted by molar-refractivity contribution is 5.84. The number of aromatic amines is 1. The molecule has 3 rings (SSSR count). The van der Waals surface area contributed by atoms with E-state index in [1.807, 2.05) is 48.7 Å². The van der Waals surface area contributed by atoms with Crippen LogP contribution in [0.3, 0.4) is 0 Å². The van der Waals surface area contributed by atoms with Crippen molar-refractivity contribution in [3.8, 4) is 0 Å². The van der Waals surface area contributed by atoms with Crippen LogP contribution in [0.25, 0.3) is 10.9 Å². The quantitative estimate of drug-likeness (QED) is 0.652. The van der Waals surface area contributed by atoms with Gasteiger partial charge in [0.25, 0.3) is 0 Å². The minimum absolute atomic E-state index is 0.277. The molecule has 1 aromatic heterocycles. The number of hydrogen-bond acceptors (Lipinski definition) is 3. The van der Waals surface area contributed by atoms with Crippen LogP contribution in [0.15, 0.2) is 54.7 Å². The van der Waals surface area contributed by atoms with Crippen molar-refractivity contribution >= 4 is 17.0 Å². The van der Waals surface area contributed by atoms with Gasteiger partial charge in [-0.15, -0.1) is 0 Å². The largest absolute Gasteiger partial charge is 0.445 e. The van der Waals surface area contributed by atoms with E-state index in [-0.39, 0.29) is 6.61 Å². The summed E-state index contributed by atoms with van der Waals surface area (Å²) in [6.07, 6.45) is 2.30. The maximum Gasteiger partial charge on any atom is 0.407 e. The first-order valence-electron chi connectivity index (χ1n) is 8.00. The maximum atomic E-state index is 11.8. The zero-order chi connectivity index (χ0) is 16.8. The summed E-state index contributed by atoms with van der Waals surface area (Å²) in [5, 5.41) is 3.94. The van der Waals surface area contributed by atoms with Crippen molar-refractivity contribution in [3.05, 3.63) is 71.4 Å². The minimum atomic E-state index is -0.402. The molecule has 0 aliphatic heterocycles. The summed E-state index contributed by atoms with van der Waals surface area (Å²) in [5.74, 6) is 0. The van der Waals surface area contributed by atoms with E-state index in [4.69, 9.17) is 10.5 Å². The molecule has 1 heterocycles. The van der Waals surface area contributed by atoms with Crippen LogP contribution in [0, 0.1) is 0 Å². The number of carbonyl (C=O) groups is 1. The van der Waals surface area contributed by atoms with Crippen molar-refractivity contribution in [1.29, 1.82) is 0 Å². The van der Waals surface area contributed by atoms with Crippen molar-refractivity contribution in [2.75, 3.05) is 6.54 Å². The zero-order valence-corrected chi connectivity index (χ0v) is 13.4. The predicted octanol–water partition coefficient (Wildman–Crippen LogP) is 3.10. The summed E-state index contributed by atoms with van der Waals surface area (Å²) in [6.45, 7) is 1.32. The number of nitrogens with one attached hydrogen (secondary N) is 2. The van der Waals surface area contributed by atoms with Gasteiger partial charge in [0.2, 0.25) is 0 Å². The fourth-order valence-electron chi connectivity index (χ4n) is 2.63. The Balaban J connectivity index is 1.50. The van der Waals surface area contributed by atoms with Gasteiger partial charge in [-0.05, 0) is 35.2 Å². The van der Waals surface area contributed by atoms with E-state index < -0.39 is 6.09 Å². The first-order chi connectivity index (χ1) is 11.8. The SMILES string of the molecule is NCc1ccc2[nH]cc(CCNC(=O)OCc3ccccc3)c2c1. The third kappa shape index (κ3) is 3.94. The molecule has 0 bridgehead atoms. The molecule has 0 saturated carbocycles. The van der Waals surface area contributed by atoms with Crippen LogP contribution >= 0.6 is 0 Å². The molecule has 0 aliphatic rings. The monoisotopic (exact) mass is 323 g/mol. The van der Waals surface area contributed by atoms with Gasteiger partial charge in [0.1, 0.15) is 6.61 Å². The van der Waals surface area contributed by atoms with Crippen molar-refractivity contribution in [1.82, 2.24) is 10.3 Å². The van der Waals surface area contributed by atoms with Crippen molar-refractivity contribution in [3.63, 3.8) is 0 Å². The number of hydrogen-bond donors (Lipinski definition) is 3. The van der Waals surface area contributed by atoms with Crippen LogP contribution in [0.4, 0.5) is 4.79 Å². The fourth-order valence-corrected chi connectivity index (χ4v) is 2.63. The standard InChI is InChI=1S/C19H21N3O2/c20-11-15-6-7-18-17(10-15)16(12-22-18)8-9-21-19(23)24-13-14-4-2-1-3-5-14/h1-7,10,12,22H,8-9,11,13,20H2,(H,21,23). The summed E-state index contributed by atoms with van der Waals surface area (Å²) >= 11 is 0. The number of fused-ring (bicyclic) bond motifs is 1. The van der Waals surface area contributed by atoms with Crippen molar-refractivity contribution in [2.45, 2.75) is 19.6 Å². The second-order valence-electron chi connectivity index (χ2n) is 5.64. The van der Waals surface area contributed by atoms with Crippen LogP contribution in [-0.4, -0.2) is 17.6 Å². The number of nitrogens with two attached hydrogens (primary N) is 1. The number of amides is 1. The molecule has 4 N–H and O–H groups in total. The number of alkyl carbamates (subject to hydrolysis) is 1. The van der Waals surface area contributed by atoms with Crippen LogP contribution < -0.4 is 11.1 Å². The minimum Gasteiger partial charge on any atom is -0.445 e. The molecule has 24 heavy (non-hydrogen) atoms. The van der Waals surface area contributed by atoms with E-state index in [2.05, 4.69) is 16.4 Å². The van der Waals surface area contributed by atoms with Gasteiger partial charge in [-0.1, -0.05) is 36.4 Å².